The summed E-state index contributed by atoms with van der Waals surface area (Å²) < 4.78 is 14.4. The lowest BCUT2D eigenvalue weighted by molar-refractivity contribution is 0.523. The third-order valence-corrected chi connectivity index (χ3v) is 4.93. The fourth-order valence-electron chi connectivity index (χ4n) is 2.20. The number of hydrogen-bond donors (Lipinski definition) is 1. The summed E-state index contributed by atoms with van der Waals surface area (Å²) in [6.45, 7) is 7.15. The van der Waals surface area contributed by atoms with Crippen LogP contribution < -0.4 is 5.32 Å². The standard InChI is InChI=1S/C16H20BrFN2S/c1-4-5-19-15(9-16-20-10(2)11(3)21-16)12-6-13(17)8-14(18)7-12/h6-8,15,19H,4-5,9H2,1-3H3. The largest absolute Gasteiger partial charge is 0.310 e. The molecule has 0 saturated carbocycles. The van der Waals surface area contributed by atoms with Crippen LogP contribution in [-0.2, 0) is 6.42 Å². The predicted molar refractivity (Wildman–Crippen MR) is 90.4 cm³/mol. The molecule has 2 nitrogen and oxygen atoms in total. The second kappa shape index (κ2) is 7.47. The maximum Gasteiger partial charge on any atom is 0.124 e. The van der Waals surface area contributed by atoms with Gasteiger partial charge in [0.25, 0.3) is 0 Å². The van der Waals surface area contributed by atoms with Gasteiger partial charge in [-0.15, -0.1) is 11.3 Å². The number of halogens is 2. The molecule has 1 N–H and O–H groups in total. The van der Waals surface area contributed by atoms with Gasteiger partial charge in [-0.1, -0.05) is 22.9 Å². The zero-order valence-electron chi connectivity index (χ0n) is 12.5. The topological polar surface area (TPSA) is 24.9 Å². The van der Waals surface area contributed by atoms with Crippen molar-refractivity contribution < 1.29 is 4.39 Å². The van der Waals surface area contributed by atoms with E-state index in [4.69, 9.17) is 0 Å². The molecule has 1 aromatic heterocycles. The molecule has 0 aliphatic carbocycles. The number of nitrogens with zero attached hydrogens (tertiary/aromatic N) is 1. The van der Waals surface area contributed by atoms with Crippen molar-refractivity contribution >= 4 is 27.3 Å². The van der Waals surface area contributed by atoms with Gasteiger partial charge in [0.15, 0.2) is 0 Å². The fourth-order valence-corrected chi connectivity index (χ4v) is 3.67. The van der Waals surface area contributed by atoms with Gasteiger partial charge in [0.2, 0.25) is 0 Å². The Kier molecular flexibility index (Phi) is 5.90. The van der Waals surface area contributed by atoms with E-state index in [9.17, 15) is 4.39 Å². The molecule has 0 aliphatic rings. The van der Waals surface area contributed by atoms with E-state index in [-0.39, 0.29) is 11.9 Å². The smallest absolute Gasteiger partial charge is 0.124 e. The van der Waals surface area contributed by atoms with Gasteiger partial charge < -0.3 is 5.32 Å². The van der Waals surface area contributed by atoms with Crippen LogP contribution >= 0.6 is 27.3 Å². The second-order valence-electron chi connectivity index (χ2n) is 5.16. The SMILES string of the molecule is CCCNC(Cc1nc(C)c(C)s1)c1cc(F)cc(Br)c1. The highest BCUT2D eigenvalue weighted by Crippen LogP contribution is 2.26. The Bertz CT molecular complexity index is 573. The van der Waals surface area contributed by atoms with Crippen molar-refractivity contribution in [1.29, 1.82) is 0 Å². The Hall–Kier alpha value is -0.780. The number of hydrogen-bond acceptors (Lipinski definition) is 3. The molecule has 0 amide bonds. The Labute approximate surface area is 137 Å². The van der Waals surface area contributed by atoms with E-state index >= 15 is 0 Å². The van der Waals surface area contributed by atoms with Gasteiger partial charge in [-0.05, 0) is 50.6 Å². The molecule has 5 heteroatoms. The molecule has 0 bridgehead atoms. The number of aromatic nitrogens is 1. The van der Waals surface area contributed by atoms with Crippen LogP contribution in [0.5, 0.6) is 0 Å². The molecule has 1 heterocycles. The zero-order valence-corrected chi connectivity index (χ0v) is 14.9. The van der Waals surface area contributed by atoms with Crippen molar-refractivity contribution in [3.63, 3.8) is 0 Å². The molecule has 0 saturated heterocycles. The Morgan fingerprint density at radius 2 is 2.10 bits per heavy atom. The van der Waals surface area contributed by atoms with Crippen molar-refractivity contribution in [1.82, 2.24) is 10.3 Å². The summed E-state index contributed by atoms with van der Waals surface area (Å²) in [5, 5.41) is 4.59. The van der Waals surface area contributed by atoms with E-state index in [1.807, 2.05) is 13.0 Å². The van der Waals surface area contributed by atoms with Crippen LogP contribution in [-0.4, -0.2) is 11.5 Å². The van der Waals surface area contributed by atoms with E-state index < -0.39 is 0 Å². The summed E-state index contributed by atoms with van der Waals surface area (Å²) in [4.78, 5) is 5.85. The lowest BCUT2D eigenvalue weighted by Crippen LogP contribution is -2.24. The van der Waals surface area contributed by atoms with Gasteiger partial charge in [0.05, 0.1) is 10.7 Å². The summed E-state index contributed by atoms with van der Waals surface area (Å²) in [5.74, 6) is -0.214. The Balaban J connectivity index is 2.24. The van der Waals surface area contributed by atoms with Crippen LogP contribution in [0.25, 0.3) is 0 Å². The molecule has 1 atom stereocenters. The van der Waals surface area contributed by atoms with Crippen molar-refractivity contribution in [2.45, 2.75) is 39.7 Å². The quantitative estimate of drug-likeness (QED) is 0.778. The minimum atomic E-state index is -0.214. The first-order valence-electron chi connectivity index (χ1n) is 7.12. The van der Waals surface area contributed by atoms with Crippen molar-refractivity contribution in [3.05, 3.63) is 49.6 Å². The molecular formula is C16H20BrFN2S. The molecule has 0 radical (unpaired) electrons. The molecule has 114 valence electrons. The van der Waals surface area contributed by atoms with Gasteiger partial charge in [-0.3, -0.25) is 0 Å². The first kappa shape index (κ1) is 16.6. The third kappa shape index (κ3) is 4.59. The molecule has 1 aromatic carbocycles. The van der Waals surface area contributed by atoms with Crippen LogP contribution in [0.2, 0.25) is 0 Å². The molecule has 2 rings (SSSR count). The minimum Gasteiger partial charge on any atom is -0.310 e. The highest BCUT2D eigenvalue weighted by atomic mass is 79.9. The highest BCUT2D eigenvalue weighted by Gasteiger charge is 2.16. The molecule has 1 unspecified atom stereocenters. The zero-order chi connectivity index (χ0) is 15.4. The van der Waals surface area contributed by atoms with E-state index in [2.05, 4.69) is 40.1 Å². The lowest BCUT2D eigenvalue weighted by atomic mass is 10.0. The van der Waals surface area contributed by atoms with Gasteiger partial charge >= 0.3 is 0 Å². The first-order chi connectivity index (χ1) is 9.99. The highest BCUT2D eigenvalue weighted by molar-refractivity contribution is 9.10. The predicted octanol–water partition coefficient (Wildman–Crippen LogP) is 4.94. The van der Waals surface area contributed by atoms with Crippen molar-refractivity contribution in [2.75, 3.05) is 6.54 Å². The van der Waals surface area contributed by atoms with E-state index in [1.165, 1.54) is 10.9 Å². The first-order valence-corrected chi connectivity index (χ1v) is 8.72. The Morgan fingerprint density at radius 1 is 1.33 bits per heavy atom. The van der Waals surface area contributed by atoms with Crippen LogP contribution in [0.1, 0.15) is 40.5 Å². The normalized spacial score (nSPS) is 12.6. The molecule has 0 fully saturated rings. The van der Waals surface area contributed by atoms with Crippen LogP contribution in [0, 0.1) is 19.7 Å². The summed E-state index contributed by atoms with van der Waals surface area (Å²) in [6.07, 6.45) is 1.83. The summed E-state index contributed by atoms with van der Waals surface area (Å²) in [7, 11) is 0. The average Bonchev–Trinajstić information content (AvgIpc) is 2.72. The van der Waals surface area contributed by atoms with E-state index in [0.717, 1.165) is 40.1 Å². The summed E-state index contributed by atoms with van der Waals surface area (Å²) in [6, 6.07) is 5.15. The third-order valence-electron chi connectivity index (χ3n) is 3.38. The molecule has 2 aromatic rings. The lowest BCUT2D eigenvalue weighted by Gasteiger charge is -2.18. The number of benzene rings is 1. The van der Waals surface area contributed by atoms with Gasteiger partial charge in [-0.2, -0.15) is 0 Å². The van der Waals surface area contributed by atoms with Crippen LogP contribution in [0.3, 0.4) is 0 Å². The molecule has 0 spiro atoms. The number of rotatable bonds is 6. The number of nitrogens with one attached hydrogen (secondary N) is 1. The van der Waals surface area contributed by atoms with E-state index in [0.29, 0.717) is 0 Å². The van der Waals surface area contributed by atoms with E-state index in [1.54, 1.807) is 17.4 Å². The van der Waals surface area contributed by atoms with Crippen molar-refractivity contribution in [2.24, 2.45) is 0 Å². The Morgan fingerprint density at radius 3 is 2.67 bits per heavy atom. The second-order valence-corrected chi connectivity index (χ2v) is 7.37. The summed E-state index contributed by atoms with van der Waals surface area (Å²) >= 11 is 5.09. The van der Waals surface area contributed by atoms with Gasteiger partial charge in [0.1, 0.15) is 5.82 Å². The number of aryl methyl sites for hydroxylation is 2. The molecule has 0 aliphatic heterocycles. The summed E-state index contributed by atoms with van der Waals surface area (Å²) in [5.41, 5.74) is 2.05. The maximum absolute atomic E-state index is 13.6. The van der Waals surface area contributed by atoms with Gasteiger partial charge in [0, 0.05) is 21.8 Å². The maximum atomic E-state index is 13.6. The van der Waals surface area contributed by atoms with Crippen LogP contribution in [0.15, 0.2) is 22.7 Å². The fraction of sp³-hybridized carbons (Fsp3) is 0.438. The average molecular weight is 371 g/mol. The monoisotopic (exact) mass is 370 g/mol. The van der Waals surface area contributed by atoms with Crippen LogP contribution in [0.4, 0.5) is 4.39 Å². The van der Waals surface area contributed by atoms with Crippen molar-refractivity contribution in [3.8, 4) is 0 Å². The van der Waals surface area contributed by atoms with Gasteiger partial charge in [-0.25, -0.2) is 9.37 Å². The molecule has 21 heavy (non-hydrogen) atoms. The molecular weight excluding hydrogens is 351 g/mol. The number of thiazole rings is 1. The minimum absolute atomic E-state index is 0.0851.